The van der Waals surface area contributed by atoms with E-state index in [0.717, 1.165) is 28.3 Å². The van der Waals surface area contributed by atoms with Gasteiger partial charge in [-0.3, -0.25) is 9.78 Å². The van der Waals surface area contributed by atoms with Crippen molar-refractivity contribution >= 4 is 17.7 Å². The van der Waals surface area contributed by atoms with Crippen molar-refractivity contribution in [2.75, 3.05) is 5.32 Å². The number of aromatic nitrogens is 2. The topological polar surface area (TPSA) is 57.8 Å². The van der Waals surface area contributed by atoms with Crippen molar-refractivity contribution in [2.24, 2.45) is 0 Å². The lowest BCUT2D eigenvalue weighted by Crippen LogP contribution is -2.17. The highest BCUT2D eigenvalue weighted by atomic mass is 32.2. The molecule has 0 unspecified atom stereocenters. The van der Waals surface area contributed by atoms with Gasteiger partial charge in [0.2, 0.25) is 5.95 Å². The van der Waals surface area contributed by atoms with Crippen LogP contribution in [0.25, 0.3) is 0 Å². The molecule has 0 bridgehead atoms. The van der Waals surface area contributed by atoms with Gasteiger partial charge in [-0.2, -0.15) is 11.8 Å². The Morgan fingerprint density at radius 3 is 2.89 bits per heavy atom. The highest BCUT2D eigenvalue weighted by molar-refractivity contribution is 7.98. The SMILES string of the molecule is O=c1[nH]c(NCc2ccc(F)cc2)nc2c1CSC2. The molecule has 0 aliphatic carbocycles. The van der Waals surface area contributed by atoms with Crippen LogP contribution in [-0.4, -0.2) is 9.97 Å². The number of aromatic amines is 1. The molecule has 1 aromatic carbocycles. The number of hydrogen-bond acceptors (Lipinski definition) is 4. The van der Waals surface area contributed by atoms with Gasteiger partial charge in [-0.05, 0) is 17.7 Å². The summed E-state index contributed by atoms with van der Waals surface area (Å²) in [6.07, 6.45) is 0. The summed E-state index contributed by atoms with van der Waals surface area (Å²) < 4.78 is 12.8. The lowest BCUT2D eigenvalue weighted by Gasteiger charge is -2.07. The van der Waals surface area contributed by atoms with E-state index in [1.807, 2.05) is 0 Å². The first-order valence-electron chi connectivity index (χ1n) is 5.90. The van der Waals surface area contributed by atoms with Crippen molar-refractivity contribution in [3.8, 4) is 0 Å². The van der Waals surface area contributed by atoms with Gasteiger partial charge in [0.05, 0.1) is 5.69 Å². The van der Waals surface area contributed by atoms with Crippen LogP contribution < -0.4 is 10.9 Å². The van der Waals surface area contributed by atoms with E-state index in [-0.39, 0.29) is 11.4 Å². The van der Waals surface area contributed by atoms with Crippen molar-refractivity contribution in [1.82, 2.24) is 9.97 Å². The number of anilines is 1. The molecule has 0 saturated heterocycles. The Kier molecular flexibility index (Phi) is 3.25. The van der Waals surface area contributed by atoms with Gasteiger partial charge in [0.15, 0.2) is 0 Å². The summed E-state index contributed by atoms with van der Waals surface area (Å²) in [4.78, 5) is 18.9. The molecule has 1 aromatic heterocycles. The monoisotopic (exact) mass is 277 g/mol. The van der Waals surface area contributed by atoms with Crippen LogP contribution in [0.3, 0.4) is 0 Å². The Labute approximate surface area is 113 Å². The second-order valence-corrected chi connectivity index (χ2v) is 5.30. The second-order valence-electron chi connectivity index (χ2n) is 4.31. The maximum Gasteiger partial charge on any atom is 0.256 e. The van der Waals surface area contributed by atoms with Gasteiger partial charge in [0.25, 0.3) is 5.56 Å². The highest BCUT2D eigenvalue weighted by Crippen LogP contribution is 2.25. The van der Waals surface area contributed by atoms with E-state index >= 15 is 0 Å². The molecule has 19 heavy (non-hydrogen) atoms. The number of rotatable bonds is 3. The van der Waals surface area contributed by atoms with Gasteiger partial charge in [-0.1, -0.05) is 12.1 Å². The zero-order chi connectivity index (χ0) is 13.2. The molecule has 0 atom stereocenters. The maximum atomic E-state index is 12.8. The van der Waals surface area contributed by atoms with Gasteiger partial charge in [-0.15, -0.1) is 0 Å². The molecule has 3 rings (SSSR count). The summed E-state index contributed by atoms with van der Waals surface area (Å²) in [5.41, 5.74) is 2.49. The molecule has 0 radical (unpaired) electrons. The lowest BCUT2D eigenvalue weighted by molar-refractivity contribution is 0.627. The molecule has 0 saturated carbocycles. The number of H-pyrrole nitrogens is 1. The zero-order valence-corrected chi connectivity index (χ0v) is 10.9. The number of nitrogens with one attached hydrogen (secondary N) is 2. The van der Waals surface area contributed by atoms with Gasteiger partial charge in [0.1, 0.15) is 5.82 Å². The largest absolute Gasteiger partial charge is 0.352 e. The van der Waals surface area contributed by atoms with Crippen LogP contribution >= 0.6 is 11.8 Å². The Hall–Kier alpha value is -1.82. The number of thioether (sulfide) groups is 1. The molecule has 2 N–H and O–H groups in total. The minimum Gasteiger partial charge on any atom is -0.352 e. The van der Waals surface area contributed by atoms with Crippen LogP contribution in [0.2, 0.25) is 0 Å². The first-order chi connectivity index (χ1) is 9.22. The second kappa shape index (κ2) is 5.05. The fourth-order valence-electron chi connectivity index (χ4n) is 1.93. The fraction of sp³-hybridized carbons (Fsp3) is 0.231. The van der Waals surface area contributed by atoms with Crippen LogP contribution in [0.4, 0.5) is 10.3 Å². The average Bonchev–Trinajstić information content (AvgIpc) is 2.87. The van der Waals surface area contributed by atoms with Crippen LogP contribution in [-0.2, 0) is 18.1 Å². The summed E-state index contributed by atoms with van der Waals surface area (Å²) in [6.45, 7) is 0.495. The molecule has 2 aromatic rings. The number of hydrogen-bond donors (Lipinski definition) is 2. The number of nitrogens with zero attached hydrogens (tertiary/aromatic N) is 1. The van der Waals surface area contributed by atoms with Crippen molar-refractivity contribution < 1.29 is 4.39 Å². The van der Waals surface area contributed by atoms with Crippen LogP contribution in [0.15, 0.2) is 29.1 Å². The molecule has 0 fully saturated rings. The Morgan fingerprint density at radius 1 is 1.32 bits per heavy atom. The number of fused-ring (bicyclic) bond motifs is 1. The molecular formula is C13H12FN3OS. The van der Waals surface area contributed by atoms with Crippen LogP contribution in [0, 0.1) is 5.82 Å². The summed E-state index contributed by atoms with van der Waals surface area (Å²) in [5, 5.41) is 3.05. The molecule has 1 aliphatic heterocycles. The minimum atomic E-state index is -0.259. The summed E-state index contributed by atoms with van der Waals surface area (Å²) in [7, 11) is 0. The summed E-state index contributed by atoms with van der Waals surface area (Å²) >= 11 is 1.69. The quantitative estimate of drug-likeness (QED) is 0.903. The highest BCUT2D eigenvalue weighted by Gasteiger charge is 2.17. The van der Waals surface area contributed by atoms with Crippen molar-refractivity contribution in [3.05, 3.63) is 57.3 Å². The van der Waals surface area contributed by atoms with Gasteiger partial charge in [0, 0.05) is 23.6 Å². The van der Waals surface area contributed by atoms with Crippen molar-refractivity contribution in [1.29, 1.82) is 0 Å². The molecular weight excluding hydrogens is 265 g/mol. The molecule has 98 valence electrons. The van der Waals surface area contributed by atoms with E-state index < -0.39 is 0 Å². The molecule has 2 heterocycles. The van der Waals surface area contributed by atoms with Gasteiger partial charge in [-0.25, -0.2) is 9.37 Å². The first kappa shape index (κ1) is 12.2. The number of benzene rings is 1. The number of halogens is 1. The van der Waals surface area contributed by atoms with E-state index in [4.69, 9.17) is 0 Å². The minimum absolute atomic E-state index is 0.0726. The van der Waals surface area contributed by atoms with Gasteiger partial charge >= 0.3 is 0 Å². The van der Waals surface area contributed by atoms with E-state index in [1.165, 1.54) is 12.1 Å². The Bertz CT molecular complexity index is 654. The van der Waals surface area contributed by atoms with Crippen molar-refractivity contribution in [2.45, 2.75) is 18.1 Å². The van der Waals surface area contributed by atoms with E-state index in [2.05, 4.69) is 15.3 Å². The predicted molar refractivity (Wildman–Crippen MR) is 73.6 cm³/mol. The summed E-state index contributed by atoms with van der Waals surface area (Å²) in [5.74, 6) is 1.72. The van der Waals surface area contributed by atoms with Crippen LogP contribution in [0.5, 0.6) is 0 Å². The molecule has 4 nitrogen and oxygen atoms in total. The van der Waals surface area contributed by atoms with Crippen molar-refractivity contribution in [3.63, 3.8) is 0 Å². The standard InChI is InChI=1S/C13H12FN3OS/c14-9-3-1-8(2-4-9)5-15-13-16-11-7-19-6-10(11)12(18)17-13/h1-4H,5-7H2,(H2,15,16,17,18). The molecule has 6 heteroatoms. The third kappa shape index (κ3) is 2.63. The molecule has 1 aliphatic rings. The third-order valence-corrected chi connectivity index (χ3v) is 3.93. The van der Waals surface area contributed by atoms with Gasteiger partial charge < -0.3 is 5.32 Å². The fourth-order valence-corrected chi connectivity index (χ4v) is 2.97. The summed E-state index contributed by atoms with van der Waals surface area (Å²) in [6, 6.07) is 6.21. The zero-order valence-electron chi connectivity index (χ0n) is 10.1. The first-order valence-corrected chi connectivity index (χ1v) is 7.06. The third-order valence-electron chi connectivity index (χ3n) is 2.96. The maximum absolute atomic E-state index is 12.8. The Morgan fingerprint density at radius 2 is 2.11 bits per heavy atom. The normalized spacial score (nSPS) is 13.3. The lowest BCUT2D eigenvalue weighted by atomic mass is 10.2. The molecule has 0 amide bonds. The Balaban J connectivity index is 1.75. The van der Waals surface area contributed by atoms with E-state index in [1.54, 1.807) is 23.9 Å². The molecule has 0 spiro atoms. The smallest absolute Gasteiger partial charge is 0.256 e. The van der Waals surface area contributed by atoms with Crippen LogP contribution in [0.1, 0.15) is 16.8 Å². The average molecular weight is 277 g/mol. The predicted octanol–water partition coefficient (Wildman–Crippen LogP) is 2.27. The van der Waals surface area contributed by atoms with E-state index in [0.29, 0.717) is 12.5 Å². The van der Waals surface area contributed by atoms with E-state index in [9.17, 15) is 9.18 Å².